The number of rotatable bonds is 72. The molecule has 0 aromatic rings. The molecule has 0 aromatic heterocycles. The Morgan fingerprint density at radius 2 is 0.494 bits per heavy atom. The normalized spacial score (nSPS) is 15.5. The fourth-order valence-corrected chi connectivity index (χ4v) is 13.7. The maximum atomic E-state index is 11.9. The third kappa shape index (κ3) is 58.2. The first-order chi connectivity index (χ1) is 40.0. The minimum absolute atomic E-state index is 0.582. The predicted molar refractivity (Wildman–Crippen MR) is 360 cm³/mol. The molecule has 5 unspecified atom stereocenters. The summed E-state index contributed by atoms with van der Waals surface area (Å²) in [4.78, 5) is 11.9. The number of aliphatic hydroxyl groups excluding tert-OH is 1. The second-order valence-corrected chi connectivity index (χ2v) is 27.7. The lowest BCUT2D eigenvalue weighted by Crippen LogP contribution is -2.28. The van der Waals surface area contributed by atoms with Crippen LogP contribution in [0.4, 0.5) is 0 Å². The molecule has 1 rings (SSSR count). The smallest absolute Gasteiger partial charge is 0.309 e. The number of hydrogen-bond donors (Lipinski definition) is 2. The first-order valence-corrected chi connectivity index (χ1v) is 38.6. The van der Waals surface area contributed by atoms with E-state index < -0.39 is 18.0 Å². The van der Waals surface area contributed by atoms with Gasteiger partial charge >= 0.3 is 5.97 Å². The molecule has 0 saturated carbocycles. The summed E-state index contributed by atoms with van der Waals surface area (Å²) in [6.07, 6.45) is 93.8. The number of aliphatic carboxylic acids is 1. The van der Waals surface area contributed by atoms with Gasteiger partial charge in [-0.3, -0.25) is 4.79 Å². The van der Waals surface area contributed by atoms with Gasteiger partial charge in [-0.2, -0.15) is 0 Å². The monoisotopic (exact) mass is 1140 g/mol. The standard InChI is InChI=1S/C77H152O4/c1-4-6-8-10-12-14-16-18-20-22-24-33-37-41-45-49-53-57-61-65-69-73(77(79)80)74(78)70-66-62-58-54-50-46-42-38-34-31-29-27-25-26-28-30-32-35-39-43-47-51-55-59-63-67-71-75-76(81-75)72(3)68-64-60-56-52-48-44-40-36-23-21-19-17-15-13-11-9-7-5-2/h72-76,78H,4-71H2,1-3H3,(H,79,80). The molecule has 1 aliphatic heterocycles. The Kier molecular flexibility index (Phi) is 63.3. The third-order valence-corrected chi connectivity index (χ3v) is 19.6. The van der Waals surface area contributed by atoms with Gasteiger partial charge < -0.3 is 14.9 Å². The van der Waals surface area contributed by atoms with Crippen LogP contribution in [0.1, 0.15) is 457 Å². The van der Waals surface area contributed by atoms with E-state index in [4.69, 9.17) is 4.74 Å². The number of aliphatic hydroxyl groups is 1. The first-order valence-electron chi connectivity index (χ1n) is 38.6. The maximum Gasteiger partial charge on any atom is 0.309 e. The third-order valence-electron chi connectivity index (χ3n) is 19.6. The zero-order valence-corrected chi connectivity index (χ0v) is 56.2. The maximum absolute atomic E-state index is 11.9. The van der Waals surface area contributed by atoms with E-state index in [1.807, 2.05) is 0 Å². The molecular formula is C77H152O4. The molecule has 1 aliphatic rings. The summed E-state index contributed by atoms with van der Waals surface area (Å²) < 4.78 is 6.15. The second kappa shape index (κ2) is 65.4. The van der Waals surface area contributed by atoms with Crippen LogP contribution >= 0.6 is 0 Å². The van der Waals surface area contributed by atoms with Crippen molar-refractivity contribution in [2.24, 2.45) is 11.8 Å². The summed E-state index contributed by atoms with van der Waals surface area (Å²) in [5.74, 6) is -0.615. The Morgan fingerprint density at radius 3 is 0.728 bits per heavy atom. The van der Waals surface area contributed by atoms with Crippen molar-refractivity contribution in [3.05, 3.63) is 0 Å². The van der Waals surface area contributed by atoms with Gasteiger partial charge in [-0.05, 0) is 31.6 Å². The molecule has 4 heteroatoms. The molecule has 81 heavy (non-hydrogen) atoms. The predicted octanol–water partition coefficient (Wildman–Crippen LogP) is 27.0. The Balaban J connectivity index is 1.73. The van der Waals surface area contributed by atoms with Gasteiger partial charge in [0.05, 0.1) is 24.2 Å². The molecule has 0 amide bonds. The van der Waals surface area contributed by atoms with Crippen LogP contribution in [-0.2, 0) is 9.53 Å². The average Bonchev–Trinajstić information content (AvgIpc) is 4.33. The highest BCUT2D eigenvalue weighted by Crippen LogP contribution is 2.36. The van der Waals surface area contributed by atoms with Crippen molar-refractivity contribution in [3.63, 3.8) is 0 Å². The molecule has 0 radical (unpaired) electrons. The average molecular weight is 1140 g/mol. The Morgan fingerprint density at radius 1 is 0.296 bits per heavy atom. The van der Waals surface area contributed by atoms with E-state index >= 15 is 0 Å². The number of unbranched alkanes of at least 4 members (excludes halogenated alkanes) is 61. The summed E-state index contributed by atoms with van der Waals surface area (Å²) in [6, 6.07) is 0. The van der Waals surface area contributed by atoms with Crippen LogP contribution in [0.3, 0.4) is 0 Å². The molecule has 484 valence electrons. The fourth-order valence-electron chi connectivity index (χ4n) is 13.7. The van der Waals surface area contributed by atoms with Gasteiger partial charge in [-0.1, -0.05) is 432 Å². The van der Waals surface area contributed by atoms with Crippen molar-refractivity contribution in [1.82, 2.24) is 0 Å². The van der Waals surface area contributed by atoms with Crippen LogP contribution in [0.2, 0.25) is 0 Å². The molecule has 4 nitrogen and oxygen atoms in total. The van der Waals surface area contributed by atoms with E-state index in [9.17, 15) is 15.0 Å². The first kappa shape index (κ1) is 78.4. The zero-order valence-electron chi connectivity index (χ0n) is 56.2. The van der Waals surface area contributed by atoms with Crippen molar-refractivity contribution >= 4 is 5.97 Å². The van der Waals surface area contributed by atoms with Gasteiger partial charge in [0.15, 0.2) is 0 Å². The van der Waals surface area contributed by atoms with E-state index in [-0.39, 0.29) is 0 Å². The second-order valence-electron chi connectivity index (χ2n) is 27.7. The number of epoxide rings is 1. The molecule has 1 heterocycles. The molecule has 0 spiro atoms. The molecule has 0 aromatic carbocycles. The van der Waals surface area contributed by atoms with Gasteiger partial charge in [0.2, 0.25) is 0 Å². The van der Waals surface area contributed by atoms with E-state index in [0.717, 1.165) is 31.6 Å². The van der Waals surface area contributed by atoms with Crippen LogP contribution in [-0.4, -0.2) is 34.5 Å². The fraction of sp³-hybridized carbons (Fsp3) is 0.987. The van der Waals surface area contributed by atoms with Gasteiger partial charge in [0.25, 0.3) is 0 Å². The summed E-state index contributed by atoms with van der Waals surface area (Å²) in [5.41, 5.74) is 0. The highest BCUT2D eigenvalue weighted by atomic mass is 16.6. The van der Waals surface area contributed by atoms with E-state index in [0.29, 0.717) is 25.0 Å². The van der Waals surface area contributed by atoms with Gasteiger partial charge in [0, 0.05) is 0 Å². The minimum Gasteiger partial charge on any atom is -0.481 e. The Labute approximate surface area is 510 Å². The van der Waals surface area contributed by atoms with Crippen molar-refractivity contribution in [2.45, 2.75) is 476 Å². The van der Waals surface area contributed by atoms with Crippen molar-refractivity contribution in [1.29, 1.82) is 0 Å². The van der Waals surface area contributed by atoms with Crippen LogP contribution in [0.5, 0.6) is 0 Å². The quantitative estimate of drug-likeness (QED) is 0.0470. The number of carboxylic acid groups (broad SMARTS) is 1. The lowest BCUT2D eigenvalue weighted by Gasteiger charge is -2.19. The Bertz CT molecular complexity index is 1190. The molecular weight excluding hydrogens is 989 g/mol. The summed E-state index contributed by atoms with van der Waals surface area (Å²) >= 11 is 0. The van der Waals surface area contributed by atoms with E-state index in [2.05, 4.69) is 20.8 Å². The van der Waals surface area contributed by atoms with E-state index in [1.54, 1.807) is 0 Å². The lowest BCUT2D eigenvalue weighted by atomic mass is 9.91. The topological polar surface area (TPSA) is 70.1 Å². The van der Waals surface area contributed by atoms with Crippen LogP contribution in [0, 0.1) is 11.8 Å². The molecule has 1 saturated heterocycles. The highest BCUT2D eigenvalue weighted by Gasteiger charge is 2.41. The van der Waals surface area contributed by atoms with Crippen LogP contribution in [0.25, 0.3) is 0 Å². The molecule has 2 N–H and O–H groups in total. The largest absolute Gasteiger partial charge is 0.481 e. The van der Waals surface area contributed by atoms with Crippen molar-refractivity contribution < 1.29 is 19.7 Å². The zero-order chi connectivity index (χ0) is 58.3. The van der Waals surface area contributed by atoms with Gasteiger partial charge in [0.1, 0.15) is 0 Å². The lowest BCUT2D eigenvalue weighted by molar-refractivity contribution is -0.146. The molecule has 1 fully saturated rings. The number of carboxylic acids is 1. The molecule has 0 bridgehead atoms. The molecule has 0 aliphatic carbocycles. The number of ether oxygens (including phenoxy) is 1. The summed E-state index contributed by atoms with van der Waals surface area (Å²) in [7, 11) is 0. The van der Waals surface area contributed by atoms with Crippen LogP contribution in [0.15, 0.2) is 0 Å². The minimum atomic E-state index is -0.800. The van der Waals surface area contributed by atoms with Gasteiger partial charge in [-0.15, -0.1) is 0 Å². The van der Waals surface area contributed by atoms with Crippen molar-refractivity contribution in [2.75, 3.05) is 0 Å². The van der Waals surface area contributed by atoms with Crippen molar-refractivity contribution in [3.8, 4) is 0 Å². The summed E-state index contributed by atoms with van der Waals surface area (Å²) in [6.45, 7) is 7.06. The van der Waals surface area contributed by atoms with E-state index in [1.165, 1.54) is 398 Å². The molecule has 5 atom stereocenters. The van der Waals surface area contributed by atoms with Gasteiger partial charge in [-0.25, -0.2) is 0 Å². The number of hydrogen-bond acceptors (Lipinski definition) is 3. The Hall–Kier alpha value is -0.610. The SMILES string of the molecule is CCCCCCCCCCCCCCCCCCCCCCC(C(=O)O)C(O)CCCCCCCCCCCCCCCCCCCCCCCCCCCCC1OC1C(C)CCCCCCCCCCCCCCCCCCCC. The highest BCUT2D eigenvalue weighted by molar-refractivity contribution is 5.70. The van der Waals surface area contributed by atoms with Crippen LogP contribution < -0.4 is 0 Å². The summed E-state index contributed by atoms with van der Waals surface area (Å²) in [5, 5.41) is 20.5. The number of carbonyl (C=O) groups is 1.